The highest BCUT2D eigenvalue weighted by molar-refractivity contribution is 5.67. The van der Waals surface area contributed by atoms with Gasteiger partial charge in [-0.05, 0) is 55.8 Å². The van der Waals surface area contributed by atoms with Crippen molar-refractivity contribution in [2.45, 2.75) is 19.9 Å². The minimum absolute atomic E-state index is 0.301. The molecule has 2 nitrogen and oxygen atoms in total. The first kappa shape index (κ1) is 14.5. The molecular weight excluding hydrogens is 258 g/mol. The Bertz CT molecular complexity index is 597. The summed E-state index contributed by atoms with van der Waals surface area (Å²) in [6.07, 6.45) is 0. The fourth-order valence-corrected chi connectivity index (χ4v) is 2.27. The molecule has 0 saturated heterocycles. The normalized spacial score (nSPS) is 12.2. The van der Waals surface area contributed by atoms with E-state index in [-0.39, 0.29) is 17.7 Å². The van der Waals surface area contributed by atoms with Crippen molar-refractivity contribution < 1.29 is 8.78 Å². The molecule has 106 valence electrons. The van der Waals surface area contributed by atoms with Gasteiger partial charge in [0, 0.05) is 24.0 Å². The largest absolute Gasteiger partial charge is 0.341 e. The molecule has 2 aromatic rings. The van der Waals surface area contributed by atoms with Crippen molar-refractivity contribution in [3.63, 3.8) is 0 Å². The number of hydrogen-bond acceptors (Lipinski definition) is 2. The molecule has 0 aliphatic rings. The lowest BCUT2D eigenvalue weighted by Crippen LogP contribution is -2.20. The summed E-state index contributed by atoms with van der Waals surface area (Å²) in [7, 11) is 0. The Labute approximate surface area is 117 Å². The highest BCUT2D eigenvalue weighted by atomic mass is 19.1. The molecule has 1 atom stereocenters. The Morgan fingerprint density at radius 3 is 2.40 bits per heavy atom. The van der Waals surface area contributed by atoms with E-state index in [9.17, 15) is 8.78 Å². The van der Waals surface area contributed by atoms with Gasteiger partial charge < -0.3 is 10.6 Å². The molecule has 2 rings (SSSR count). The minimum Gasteiger partial charge on any atom is -0.341 e. The number of hydrogen-bond donors (Lipinski definition) is 1. The summed E-state index contributed by atoms with van der Waals surface area (Å²) >= 11 is 0. The first-order valence-corrected chi connectivity index (χ1v) is 6.61. The van der Waals surface area contributed by atoms with Crippen LogP contribution in [0.1, 0.15) is 25.5 Å². The van der Waals surface area contributed by atoms with E-state index < -0.39 is 0 Å². The molecule has 2 N–H and O–H groups in total. The molecule has 0 spiro atoms. The van der Waals surface area contributed by atoms with E-state index in [1.54, 1.807) is 19.1 Å². The number of halogens is 2. The molecule has 0 aromatic heterocycles. The smallest absolute Gasteiger partial charge is 0.125 e. The van der Waals surface area contributed by atoms with Crippen LogP contribution in [-0.2, 0) is 0 Å². The number of rotatable bonds is 4. The highest BCUT2D eigenvalue weighted by Crippen LogP contribution is 2.32. The van der Waals surface area contributed by atoms with Crippen LogP contribution in [-0.4, -0.2) is 6.54 Å². The van der Waals surface area contributed by atoms with Crippen molar-refractivity contribution in [3.8, 4) is 0 Å². The molecule has 2 aromatic carbocycles. The average molecular weight is 276 g/mol. The molecule has 0 saturated carbocycles. The second-order valence-electron chi connectivity index (χ2n) is 4.72. The van der Waals surface area contributed by atoms with Gasteiger partial charge in [-0.25, -0.2) is 8.78 Å². The zero-order chi connectivity index (χ0) is 14.7. The lowest BCUT2D eigenvalue weighted by Gasteiger charge is -2.27. The van der Waals surface area contributed by atoms with Crippen molar-refractivity contribution in [1.82, 2.24) is 0 Å². The van der Waals surface area contributed by atoms with Crippen molar-refractivity contribution in [2.75, 3.05) is 11.4 Å². The zero-order valence-electron chi connectivity index (χ0n) is 11.6. The van der Waals surface area contributed by atoms with E-state index in [1.807, 2.05) is 17.9 Å². The molecule has 20 heavy (non-hydrogen) atoms. The van der Waals surface area contributed by atoms with Crippen LogP contribution in [0.15, 0.2) is 42.5 Å². The molecule has 4 heteroatoms. The van der Waals surface area contributed by atoms with Crippen LogP contribution in [0.5, 0.6) is 0 Å². The summed E-state index contributed by atoms with van der Waals surface area (Å²) in [5.74, 6) is -0.623. The Balaban J connectivity index is 2.52. The predicted molar refractivity (Wildman–Crippen MR) is 78.1 cm³/mol. The maximum Gasteiger partial charge on any atom is 0.125 e. The van der Waals surface area contributed by atoms with Gasteiger partial charge in [0.2, 0.25) is 0 Å². The second kappa shape index (κ2) is 6.01. The maximum atomic E-state index is 13.4. The van der Waals surface area contributed by atoms with Crippen molar-refractivity contribution in [3.05, 3.63) is 59.7 Å². The van der Waals surface area contributed by atoms with E-state index in [0.29, 0.717) is 12.1 Å². The Morgan fingerprint density at radius 1 is 1.10 bits per heavy atom. The zero-order valence-corrected chi connectivity index (χ0v) is 11.6. The Kier molecular flexibility index (Phi) is 4.35. The monoisotopic (exact) mass is 276 g/mol. The van der Waals surface area contributed by atoms with Crippen LogP contribution >= 0.6 is 0 Å². The number of anilines is 2. The Hall–Kier alpha value is -1.94. The summed E-state index contributed by atoms with van der Waals surface area (Å²) < 4.78 is 26.8. The molecule has 0 fully saturated rings. The van der Waals surface area contributed by atoms with Gasteiger partial charge in [-0.2, -0.15) is 0 Å². The molecule has 0 bridgehead atoms. The fourth-order valence-electron chi connectivity index (χ4n) is 2.27. The van der Waals surface area contributed by atoms with Gasteiger partial charge in [0.1, 0.15) is 11.6 Å². The van der Waals surface area contributed by atoms with Gasteiger partial charge in [-0.1, -0.05) is 6.07 Å². The van der Waals surface area contributed by atoms with E-state index in [4.69, 9.17) is 5.73 Å². The number of nitrogens with two attached hydrogens (primary N) is 1. The Morgan fingerprint density at radius 2 is 1.80 bits per heavy atom. The topological polar surface area (TPSA) is 29.3 Å². The highest BCUT2D eigenvalue weighted by Gasteiger charge is 2.15. The summed E-state index contributed by atoms with van der Waals surface area (Å²) in [5.41, 5.74) is 8.14. The fraction of sp³-hybridized carbons (Fsp3) is 0.250. The number of benzene rings is 2. The van der Waals surface area contributed by atoms with Crippen LogP contribution < -0.4 is 10.6 Å². The van der Waals surface area contributed by atoms with Crippen LogP contribution in [0.2, 0.25) is 0 Å². The third-order valence-electron chi connectivity index (χ3n) is 3.21. The molecular formula is C16H18F2N2. The third kappa shape index (κ3) is 2.96. The summed E-state index contributed by atoms with van der Waals surface area (Å²) in [6, 6.07) is 10.5. The van der Waals surface area contributed by atoms with Crippen molar-refractivity contribution in [2.24, 2.45) is 5.73 Å². The molecule has 0 unspecified atom stereocenters. The number of nitrogens with zero attached hydrogens (tertiary/aromatic N) is 1. The van der Waals surface area contributed by atoms with E-state index in [2.05, 4.69) is 0 Å². The van der Waals surface area contributed by atoms with Crippen molar-refractivity contribution >= 4 is 11.4 Å². The van der Waals surface area contributed by atoms with E-state index >= 15 is 0 Å². The van der Waals surface area contributed by atoms with Gasteiger partial charge in [-0.15, -0.1) is 0 Å². The molecule has 0 radical (unpaired) electrons. The van der Waals surface area contributed by atoms with E-state index in [0.717, 1.165) is 11.4 Å². The summed E-state index contributed by atoms with van der Waals surface area (Å²) in [6.45, 7) is 4.39. The standard InChI is InChI=1S/C16H18F2N2/c1-3-20(14-6-4-5-12(17)9-14)16-8-7-13(18)10-15(16)11(2)19/h4-11H,3,19H2,1-2H3/t11-/m0/s1. The van der Waals surface area contributed by atoms with Gasteiger partial charge >= 0.3 is 0 Å². The van der Waals surface area contributed by atoms with Crippen LogP contribution in [0, 0.1) is 11.6 Å². The summed E-state index contributed by atoms with van der Waals surface area (Å²) in [4.78, 5) is 1.92. The van der Waals surface area contributed by atoms with Crippen molar-refractivity contribution in [1.29, 1.82) is 0 Å². The molecule has 0 amide bonds. The molecule has 0 aliphatic heterocycles. The maximum absolute atomic E-state index is 13.4. The SMILES string of the molecule is CCN(c1cccc(F)c1)c1ccc(F)cc1[C@H](C)N. The van der Waals surface area contributed by atoms with Crippen LogP contribution in [0.3, 0.4) is 0 Å². The summed E-state index contributed by atoms with van der Waals surface area (Å²) in [5, 5.41) is 0. The first-order valence-electron chi connectivity index (χ1n) is 6.61. The quantitative estimate of drug-likeness (QED) is 0.909. The lowest BCUT2D eigenvalue weighted by molar-refractivity contribution is 0.621. The lowest BCUT2D eigenvalue weighted by atomic mass is 10.0. The second-order valence-corrected chi connectivity index (χ2v) is 4.72. The molecule has 0 heterocycles. The van der Waals surface area contributed by atoms with Gasteiger partial charge in [0.15, 0.2) is 0 Å². The van der Waals surface area contributed by atoms with Gasteiger partial charge in [0.05, 0.1) is 0 Å². The average Bonchev–Trinajstić information content (AvgIpc) is 2.41. The van der Waals surface area contributed by atoms with Crippen LogP contribution in [0.4, 0.5) is 20.2 Å². The first-order chi connectivity index (χ1) is 9.52. The minimum atomic E-state index is -0.323. The predicted octanol–water partition coefficient (Wildman–Crippen LogP) is 4.14. The van der Waals surface area contributed by atoms with Crippen LogP contribution in [0.25, 0.3) is 0 Å². The van der Waals surface area contributed by atoms with E-state index in [1.165, 1.54) is 24.3 Å². The molecule has 0 aliphatic carbocycles. The van der Waals surface area contributed by atoms with Gasteiger partial charge in [0.25, 0.3) is 0 Å². The van der Waals surface area contributed by atoms with Gasteiger partial charge in [-0.3, -0.25) is 0 Å². The third-order valence-corrected chi connectivity index (χ3v) is 3.21.